The van der Waals surface area contributed by atoms with E-state index in [1.54, 1.807) is 18.3 Å². The second-order valence-electron chi connectivity index (χ2n) is 5.03. The largest absolute Gasteiger partial charge is 0.255 e. The molecular formula is C17H13Cl2N3. The maximum Gasteiger partial charge on any atom is 0.161 e. The molecule has 22 heavy (non-hydrogen) atoms. The van der Waals surface area contributed by atoms with Gasteiger partial charge in [-0.3, -0.25) is 4.98 Å². The third-order valence-corrected chi connectivity index (χ3v) is 4.01. The first-order valence-corrected chi connectivity index (χ1v) is 7.54. The standard InChI is InChI=1S/C17H13Cl2N3/c1-10-5-7-12(8-6-10)14-11(2)21-22-17(19)15(14)16-13(18)4-3-9-20-16/h3-9H,1-2H3. The first-order valence-electron chi connectivity index (χ1n) is 6.78. The van der Waals surface area contributed by atoms with E-state index in [0.717, 1.165) is 16.8 Å². The Labute approximate surface area is 139 Å². The maximum atomic E-state index is 6.32. The molecule has 0 radical (unpaired) electrons. The van der Waals surface area contributed by atoms with E-state index in [0.29, 0.717) is 21.4 Å². The highest BCUT2D eigenvalue weighted by Gasteiger charge is 2.19. The van der Waals surface area contributed by atoms with Crippen molar-refractivity contribution in [2.24, 2.45) is 0 Å². The van der Waals surface area contributed by atoms with Gasteiger partial charge in [0.15, 0.2) is 5.15 Å². The average molecular weight is 330 g/mol. The Kier molecular flexibility index (Phi) is 4.10. The van der Waals surface area contributed by atoms with Crippen LogP contribution in [0.3, 0.4) is 0 Å². The van der Waals surface area contributed by atoms with Crippen LogP contribution in [0, 0.1) is 13.8 Å². The van der Waals surface area contributed by atoms with Gasteiger partial charge in [0.05, 0.1) is 22.0 Å². The van der Waals surface area contributed by atoms with Crippen molar-refractivity contribution in [3.05, 3.63) is 64.0 Å². The lowest BCUT2D eigenvalue weighted by molar-refractivity contribution is 0.984. The number of aromatic nitrogens is 3. The first kappa shape index (κ1) is 14.9. The minimum absolute atomic E-state index is 0.293. The van der Waals surface area contributed by atoms with Crippen LogP contribution in [0.15, 0.2) is 42.6 Å². The van der Waals surface area contributed by atoms with Crippen LogP contribution >= 0.6 is 23.2 Å². The van der Waals surface area contributed by atoms with Crippen molar-refractivity contribution in [2.75, 3.05) is 0 Å². The number of hydrogen-bond donors (Lipinski definition) is 0. The van der Waals surface area contributed by atoms with Gasteiger partial charge in [-0.25, -0.2) is 0 Å². The van der Waals surface area contributed by atoms with E-state index in [1.807, 2.05) is 38.1 Å². The van der Waals surface area contributed by atoms with Gasteiger partial charge in [-0.15, -0.1) is 5.10 Å². The lowest BCUT2D eigenvalue weighted by Crippen LogP contribution is -1.99. The smallest absolute Gasteiger partial charge is 0.161 e. The summed E-state index contributed by atoms with van der Waals surface area (Å²) in [6, 6.07) is 11.7. The molecule has 0 amide bonds. The van der Waals surface area contributed by atoms with Gasteiger partial charge < -0.3 is 0 Å². The Balaban J connectivity index is 2.33. The quantitative estimate of drug-likeness (QED) is 0.654. The van der Waals surface area contributed by atoms with Crippen molar-refractivity contribution < 1.29 is 0 Å². The summed E-state index contributed by atoms with van der Waals surface area (Å²) in [6.45, 7) is 3.95. The van der Waals surface area contributed by atoms with Crippen molar-refractivity contribution in [3.63, 3.8) is 0 Å². The molecule has 1 aromatic carbocycles. The van der Waals surface area contributed by atoms with Crippen molar-refractivity contribution in [1.29, 1.82) is 0 Å². The molecule has 3 aromatic rings. The summed E-state index contributed by atoms with van der Waals surface area (Å²) in [4.78, 5) is 4.37. The molecule has 0 aliphatic carbocycles. The summed E-state index contributed by atoms with van der Waals surface area (Å²) in [5, 5.41) is 8.98. The van der Waals surface area contributed by atoms with Crippen molar-refractivity contribution in [2.45, 2.75) is 13.8 Å². The molecule has 0 aliphatic rings. The van der Waals surface area contributed by atoms with E-state index >= 15 is 0 Å². The molecule has 110 valence electrons. The van der Waals surface area contributed by atoms with E-state index < -0.39 is 0 Å². The van der Waals surface area contributed by atoms with Crippen LogP contribution < -0.4 is 0 Å². The van der Waals surface area contributed by atoms with Crippen LogP contribution in [0.1, 0.15) is 11.3 Å². The topological polar surface area (TPSA) is 38.7 Å². The summed E-state index contributed by atoms with van der Waals surface area (Å²) in [6.07, 6.45) is 1.69. The zero-order valence-electron chi connectivity index (χ0n) is 12.1. The van der Waals surface area contributed by atoms with Crippen LogP contribution in [0.2, 0.25) is 10.2 Å². The molecule has 0 saturated carbocycles. The fourth-order valence-electron chi connectivity index (χ4n) is 2.36. The molecule has 0 saturated heterocycles. The lowest BCUT2D eigenvalue weighted by Gasteiger charge is -2.13. The molecule has 3 nitrogen and oxygen atoms in total. The Bertz CT molecular complexity index is 830. The molecule has 0 atom stereocenters. The highest BCUT2D eigenvalue weighted by atomic mass is 35.5. The highest BCUT2D eigenvalue weighted by Crippen LogP contribution is 2.39. The van der Waals surface area contributed by atoms with Gasteiger partial charge in [0.25, 0.3) is 0 Å². The van der Waals surface area contributed by atoms with Gasteiger partial charge in [-0.2, -0.15) is 5.10 Å². The van der Waals surface area contributed by atoms with Crippen LogP contribution in [-0.2, 0) is 0 Å². The fraction of sp³-hybridized carbons (Fsp3) is 0.118. The normalized spacial score (nSPS) is 10.7. The number of pyridine rings is 1. The molecule has 0 aliphatic heterocycles. The van der Waals surface area contributed by atoms with E-state index in [4.69, 9.17) is 23.2 Å². The minimum atomic E-state index is 0.293. The van der Waals surface area contributed by atoms with E-state index in [-0.39, 0.29) is 0 Å². The van der Waals surface area contributed by atoms with Crippen molar-refractivity contribution in [1.82, 2.24) is 15.2 Å². The third kappa shape index (κ3) is 2.70. The SMILES string of the molecule is Cc1ccc(-c2c(C)nnc(Cl)c2-c2ncccc2Cl)cc1. The Hall–Kier alpha value is -1.97. The highest BCUT2D eigenvalue weighted by molar-refractivity contribution is 6.36. The van der Waals surface area contributed by atoms with Gasteiger partial charge in [-0.05, 0) is 31.5 Å². The summed E-state index contributed by atoms with van der Waals surface area (Å²) in [5.41, 5.74) is 5.21. The molecule has 0 spiro atoms. The average Bonchev–Trinajstić information content (AvgIpc) is 2.51. The maximum absolute atomic E-state index is 6.32. The van der Waals surface area contributed by atoms with Crippen molar-refractivity contribution in [3.8, 4) is 22.4 Å². The monoisotopic (exact) mass is 329 g/mol. The minimum Gasteiger partial charge on any atom is -0.255 e. The number of benzene rings is 1. The summed E-state index contributed by atoms with van der Waals surface area (Å²) in [7, 11) is 0. The van der Waals surface area contributed by atoms with Gasteiger partial charge >= 0.3 is 0 Å². The van der Waals surface area contributed by atoms with E-state index in [9.17, 15) is 0 Å². The number of nitrogens with zero attached hydrogens (tertiary/aromatic N) is 3. The Morgan fingerprint density at radius 2 is 1.59 bits per heavy atom. The predicted octanol–water partition coefficient (Wildman–Crippen LogP) is 5.13. The summed E-state index contributed by atoms with van der Waals surface area (Å²) < 4.78 is 0. The molecule has 0 bridgehead atoms. The zero-order chi connectivity index (χ0) is 15.7. The molecule has 2 aromatic heterocycles. The van der Waals surface area contributed by atoms with Crippen molar-refractivity contribution >= 4 is 23.2 Å². The van der Waals surface area contributed by atoms with E-state index in [2.05, 4.69) is 15.2 Å². The second kappa shape index (κ2) is 6.03. The fourth-order valence-corrected chi connectivity index (χ4v) is 2.80. The van der Waals surface area contributed by atoms with Gasteiger partial charge in [0.2, 0.25) is 0 Å². The molecule has 0 fully saturated rings. The molecule has 0 unspecified atom stereocenters. The number of halogens is 2. The molecule has 2 heterocycles. The first-order chi connectivity index (χ1) is 10.6. The predicted molar refractivity (Wildman–Crippen MR) is 90.2 cm³/mol. The van der Waals surface area contributed by atoms with Crippen LogP contribution in [0.5, 0.6) is 0 Å². The molecule has 0 N–H and O–H groups in total. The van der Waals surface area contributed by atoms with Crippen LogP contribution in [0.25, 0.3) is 22.4 Å². The summed E-state index contributed by atoms with van der Waals surface area (Å²) in [5.74, 6) is 0. The molecule has 3 rings (SSSR count). The molecular weight excluding hydrogens is 317 g/mol. The van der Waals surface area contributed by atoms with Crippen LogP contribution in [0.4, 0.5) is 0 Å². The molecule has 5 heteroatoms. The van der Waals surface area contributed by atoms with Gasteiger partial charge in [0, 0.05) is 11.8 Å². The van der Waals surface area contributed by atoms with Gasteiger partial charge in [0.1, 0.15) is 0 Å². The summed E-state index contributed by atoms with van der Waals surface area (Å²) >= 11 is 12.6. The van der Waals surface area contributed by atoms with E-state index in [1.165, 1.54) is 5.56 Å². The number of hydrogen-bond acceptors (Lipinski definition) is 3. The zero-order valence-corrected chi connectivity index (χ0v) is 13.7. The van der Waals surface area contributed by atoms with Gasteiger partial charge in [-0.1, -0.05) is 53.0 Å². The third-order valence-electron chi connectivity index (χ3n) is 3.44. The van der Waals surface area contributed by atoms with Crippen LogP contribution in [-0.4, -0.2) is 15.2 Å². The number of rotatable bonds is 2. The Morgan fingerprint density at radius 3 is 2.27 bits per heavy atom. The Morgan fingerprint density at radius 1 is 0.864 bits per heavy atom. The second-order valence-corrected chi connectivity index (χ2v) is 5.79. The number of aryl methyl sites for hydroxylation is 2. The lowest BCUT2D eigenvalue weighted by atomic mass is 9.97.